The lowest BCUT2D eigenvalue weighted by atomic mass is 9.96. The van der Waals surface area contributed by atoms with Crippen LogP contribution in [-0.4, -0.2) is 9.97 Å². The van der Waals surface area contributed by atoms with Crippen LogP contribution in [0.1, 0.15) is 0 Å². The second-order valence-electron chi connectivity index (χ2n) is 9.46. The second-order valence-corrected chi connectivity index (χ2v) is 11.2. The first-order chi connectivity index (χ1) is 19.9. The molecule has 0 aliphatic carbocycles. The largest absolute Gasteiger partial charge is 0.251 e. The molecule has 0 spiro atoms. The SMILES string of the molecule is c1ccc(-c2csc(-c3cnc(-c4scc(-c5ccccc5)c4-c4ccccc4)cn3)c2-c2ccccc2)cc1. The highest BCUT2D eigenvalue weighted by atomic mass is 32.1. The van der Waals surface area contributed by atoms with Gasteiger partial charge in [-0.2, -0.15) is 0 Å². The third-order valence-corrected chi connectivity index (χ3v) is 9.00. The van der Waals surface area contributed by atoms with Gasteiger partial charge >= 0.3 is 0 Å². The third-order valence-electron chi connectivity index (χ3n) is 6.99. The van der Waals surface area contributed by atoms with Crippen LogP contribution in [0, 0.1) is 0 Å². The zero-order chi connectivity index (χ0) is 26.7. The van der Waals surface area contributed by atoms with E-state index in [4.69, 9.17) is 9.97 Å². The van der Waals surface area contributed by atoms with Crippen molar-refractivity contribution in [2.75, 3.05) is 0 Å². The molecule has 190 valence electrons. The molecule has 0 aliphatic rings. The summed E-state index contributed by atoms with van der Waals surface area (Å²) in [6, 6.07) is 42.3. The molecule has 4 heteroatoms. The Morgan fingerprint density at radius 1 is 0.375 bits per heavy atom. The lowest BCUT2D eigenvalue weighted by molar-refractivity contribution is 1.22. The maximum Gasteiger partial charge on any atom is 0.0991 e. The van der Waals surface area contributed by atoms with Crippen molar-refractivity contribution in [3.05, 3.63) is 144 Å². The lowest BCUT2D eigenvalue weighted by Crippen LogP contribution is -1.91. The third kappa shape index (κ3) is 4.58. The predicted octanol–water partition coefficient (Wildman–Crippen LogP) is 10.6. The van der Waals surface area contributed by atoms with Gasteiger partial charge in [-0.1, -0.05) is 121 Å². The fourth-order valence-electron chi connectivity index (χ4n) is 5.10. The van der Waals surface area contributed by atoms with Gasteiger partial charge in [0.05, 0.1) is 33.5 Å². The molecule has 3 aromatic heterocycles. The van der Waals surface area contributed by atoms with Gasteiger partial charge in [0.1, 0.15) is 0 Å². The minimum atomic E-state index is 0.885. The summed E-state index contributed by atoms with van der Waals surface area (Å²) in [6.45, 7) is 0. The van der Waals surface area contributed by atoms with Crippen LogP contribution < -0.4 is 0 Å². The van der Waals surface area contributed by atoms with Gasteiger partial charge in [0, 0.05) is 22.3 Å². The molecule has 2 nitrogen and oxygen atoms in total. The van der Waals surface area contributed by atoms with E-state index in [1.165, 1.54) is 44.5 Å². The molecule has 0 saturated carbocycles. The lowest BCUT2D eigenvalue weighted by Gasteiger charge is -2.10. The van der Waals surface area contributed by atoms with E-state index in [0.29, 0.717) is 0 Å². The fraction of sp³-hybridized carbons (Fsp3) is 0. The molecular formula is C36H24N2S2. The van der Waals surface area contributed by atoms with Crippen molar-refractivity contribution in [2.24, 2.45) is 0 Å². The van der Waals surface area contributed by atoms with E-state index in [-0.39, 0.29) is 0 Å². The van der Waals surface area contributed by atoms with E-state index >= 15 is 0 Å². The quantitative estimate of drug-likeness (QED) is 0.207. The van der Waals surface area contributed by atoms with Crippen molar-refractivity contribution in [2.45, 2.75) is 0 Å². The Morgan fingerprint density at radius 2 is 0.700 bits per heavy atom. The Balaban J connectivity index is 1.33. The van der Waals surface area contributed by atoms with E-state index in [2.05, 4.69) is 132 Å². The minimum Gasteiger partial charge on any atom is -0.251 e. The molecule has 40 heavy (non-hydrogen) atoms. The molecule has 4 aromatic carbocycles. The van der Waals surface area contributed by atoms with Crippen LogP contribution in [0.5, 0.6) is 0 Å². The van der Waals surface area contributed by atoms with Gasteiger partial charge in [0.2, 0.25) is 0 Å². The Kier molecular flexibility index (Phi) is 6.62. The fourth-order valence-corrected chi connectivity index (χ4v) is 7.22. The smallest absolute Gasteiger partial charge is 0.0991 e. The number of hydrogen-bond acceptors (Lipinski definition) is 4. The molecular weight excluding hydrogens is 525 g/mol. The molecule has 0 N–H and O–H groups in total. The van der Waals surface area contributed by atoms with Gasteiger partial charge in [-0.25, -0.2) is 0 Å². The molecule has 0 saturated heterocycles. The maximum atomic E-state index is 4.99. The van der Waals surface area contributed by atoms with Gasteiger partial charge in [0.25, 0.3) is 0 Å². The summed E-state index contributed by atoms with van der Waals surface area (Å²) in [5.41, 5.74) is 11.4. The Bertz CT molecular complexity index is 1720. The zero-order valence-electron chi connectivity index (χ0n) is 21.6. The first kappa shape index (κ1) is 24.4. The monoisotopic (exact) mass is 548 g/mol. The summed E-state index contributed by atoms with van der Waals surface area (Å²) in [4.78, 5) is 12.2. The van der Waals surface area contributed by atoms with Gasteiger partial charge in [-0.05, 0) is 33.0 Å². The molecule has 0 fully saturated rings. The average Bonchev–Trinajstić information content (AvgIpc) is 3.69. The van der Waals surface area contributed by atoms with Crippen LogP contribution in [0.2, 0.25) is 0 Å². The van der Waals surface area contributed by atoms with Crippen molar-refractivity contribution in [3.63, 3.8) is 0 Å². The summed E-state index contributed by atoms with van der Waals surface area (Å²) in [7, 11) is 0. The molecule has 3 heterocycles. The highest BCUT2D eigenvalue weighted by Crippen LogP contribution is 2.46. The summed E-state index contributed by atoms with van der Waals surface area (Å²) in [5, 5.41) is 4.48. The van der Waals surface area contributed by atoms with Crippen LogP contribution in [0.3, 0.4) is 0 Å². The van der Waals surface area contributed by atoms with Crippen LogP contribution in [-0.2, 0) is 0 Å². The first-order valence-electron chi connectivity index (χ1n) is 13.1. The normalized spacial score (nSPS) is 11.0. The van der Waals surface area contributed by atoms with Crippen LogP contribution in [0.25, 0.3) is 65.6 Å². The summed E-state index contributed by atoms with van der Waals surface area (Å²) in [5.74, 6) is 0. The van der Waals surface area contributed by atoms with E-state index < -0.39 is 0 Å². The van der Waals surface area contributed by atoms with E-state index in [1.807, 2.05) is 12.4 Å². The zero-order valence-corrected chi connectivity index (χ0v) is 23.2. The molecule has 0 atom stereocenters. The van der Waals surface area contributed by atoms with Crippen molar-refractivity contribution in [1.82, 2.24) is 9.97 Å². The summed E-state index contributed by atoms with van der Waals surface area (Å²) >= 11 is 3.44. The van der Waals surface area contributed by atoms with E-state index in [9.17, 15) is 0 Å². The van der Waals surface area contributed by atoms with Gasteiger partial charge in [-0.3, -0.25) is 9.97 Å². The van der Waals surface area contributed by atoms with Crippen LogP contribution in [0.4, 0.5) is 0 Å². The number of rotatable bonds is 6. The maximum absolute atomic E-state index is 4.99. The van der Waals surface area contributed by atoms with Gasteiger partial charge in [0.15, 0.2) is 0 Å². The second kappa shape index (κ2) is 10.9. The molecule has 0 radical (unpaired) electrons. The Hall–Kier alpha value is -4.64. The molecule has 0 amide bonds. The standard InChI is InChI=1S/C36H24N2S2/c1-5-13-25(14-6-1)29-23-39-35(33(29)27-17-9-3-10-18-27)31-21-38-32(22-37-31)36-34(28-19-11-4-12-20-28)30(24-40-36)26-15-7-2-8-16-26/h1-24H. The highest BCUT2D eigenvalue weighted by Gasteiger charge is 2.20. The van der Waals surface area contributed by atoms with Crippen LogP contribution in [0.15, 0.2) is 144 Å². The summed E-state index contributed by atoms with van der Waals surface area (Å²) < 4.78 is 0. The average molecular weight is 549 g/mol. The topological polar surface area (TPSA) is 25.8 Å². The number of hydrogen-bond donors (Lipinski definition) is 0. The van der Waals surface area contributed by atoms with Gasteiger partial charge < -0.3 is 0 Å². The van der Waals surface area contributed by atoms with E-state index in [1.54, 1.807) is 22.7 Å². The Labute approximate surface area is 241 Å². The molecule has 0 bridgehead atoms. The number of aromatic nitrogens is 2. The van der Waals surface area contributed by atoms with Crippen molar-refractivity contribution >= 4 is 22.7 Å². The predicted molar refractivity (Wildman–Crippen MR) is 170 cm³/mol. The van der Waals surface area contributed by atoms with Crippen molar-refractivity contribution in [3.8, 4) is 65.6 Å². The molecule has 7 aromatic rings. The number of benzene rings is 4. The number of nitrogens with zero attached hydrogens (tertiary/aromatic N) is 2. The molecule has 7 rings (SSSR count). The Morgan fingerprint density at radius 3 is 1.02 bits per heavy atom. The van der Waals surface area contributed by atoms with Crippen molar-refractivity contribution < 1.29 is 0 Å². The summed E-state index contributed by atoms with van der Waals surface area (Å²) in [6.07, 6.45) is 3.86. The first-order valence-corrected chi connectivity index (χ1v) is 14.9. The van der Waals surface area contributed by atoms with Crippen molar-refractivity contribution in [1.29, 1.82) is 0 Å². The van der Waals surface area contributed by atoms with Crippen LogP contribution >= 0.6 is 22.7 Å². The highest BCUT2D eigenvalue weighted by molar-refractivity contribution is 7.15. The van der Waals surface area contributed by atoms with E-state index in [0.717, 1.165) is 21.1 Å². The molecule has 0 unspecified atom stereocenters. The van der Waals surface area contributed by atoms with Gasteiger partial charge in [-0.15, -0.1) is 22.7 Å². The minimum absolute atomic E-state index is 0.885. The number of thiophene rings is 2. The molecule has 0 aliphatic heterocycles.